The largest absolute Gasteiger partial charge is 0.396 e. The number of benzene rings is 1. The summed E-state index contributed by atoms with van der Waals surface area (Å²) in [5, 5.41) is 26.4. The predicted molar refractivity (Wildman–Crippen MR) is 143 cm³/mol. The molecule has 2 aromatic rings. The quantitative estimate of drug-likeness (QED) is 0.124. The average molecular weight is 573 g/mol. The maximum atomic E-state index is 9.77. The smallest absolute Gasteiger partial charge is 0.191 e. The molecule has 9 heteroatoms. The molecule has 1 saturated carbocycles. The molecule has 0 radical (unpaired) electrons. The van der Waals surface area contributed by atoms with Gasteiger partial charge in [0.25, 0.3) is 0 Å². The summed E-state index contributed by atoms with van der Waals surface area (Å²) >= 11 is 1.69. The van der Waals surface area contributed by atoms with E-state index in [1.54, 1.807) is 11.8 Å². The molecule has 1 atom stereocenters. The normalized spacial score (nSPS) is 15.4. The highest BCUT2D eigenvalue weighted by molar-refractivity contribution is 14.0. The molecule has 0 aliphatic heterocycles. The number of hydrogen-bond donors (Lipinski definition) is 3. The van der Waals surface area contributed by atoms with Crippen molar-refractivity contribution in [3.63, 3.8) is 0 Å². The van der Waals surface area contributed by atoms with Gasteiger partial charge in [0.05, 0.1) is 13.2 Å². The predicted octanol–water partition coefficient (Wildman–Crippen LogP) is 4.00. The lowest BCUT2D eigenvalue weighted by Crippen LogP contribution is -2.38. The summed E-state index contributed by atoms with van der Waals surface area (Å²) in [6.07, 6.45) is 9.03. The van der Waals surface area contributed by atoms with Gasteiger partial charge in [-0.25, -0.2) is 0 Å². The number of thioether (sulfide) groups is 1. The lowest BCUT2D eigenvalue weighted by Gasteiger charge is -2.17. The minimum absolute atomic E-state index is 0. The first kappa shape index (κ1) is 26.9. The number of aryl methyl sites for hydroxylation is 1. The van der Waals surface area contributed by atoms with Crippen LogP contribution in [0.1, 0.15) is 62.4 Å². The third-order valence-corrected chi connectivity index (χ3v) is 6.43. The van der Waals surface area contributed by atoms with Crippen LogP contribution in [-0.4, -0.2) is 58.3 Å². The van der Waals surface area contributed by atoms with Gasteiger partial charge < -0.3 is 20.3 Å². The standard InChI is InChI=1S/C23H36N6OS.HI/c1-3-24-22(26-16-19(17-30)18-10-5-4-6-11-18)25-15-9-14-21-27-28-23(31-2)29(21)20-12-7-8-13-20;/h4-6,10-11,19-20,30H,3,7-9,12-17H2,1-2H3,(H2,24,25,26);1H. The Kier molecular flexibility index (Phi) is 12.4. The van der Waals surface area contributed by atoms with Crippen molar-refractivity contribution in [3.05, 3.63) is 41.7 Å². The van der Waals surface area contributed by atoms with Gasteiger partial charge in [0.1, 0.15) is 5.82 Å². The summed E-state index contributed by atoms with van der Waals surface area (Å²) in [6, 6.07) is 10.6. The van der Waals surface area contributed by atoms with E-state index in [1.165, 1.54) is 25.7 Å². The molecule has 3 N–H and O–H groups in total. The molecule has 1 aromatic carbocycles. The Hall–Kier alpha value is -1.33. The van der Waals surface area contributed by atoms with E-state index >= 15 is 0 Å². The Morgan fingerprint density at radius 3 is 2.62 bits per heavy atom. The summed E-state index contributed by atoms with van der Waals surface area (Å²) in [6.45, 7) is 4.30. The number of nitrogens with one attached hydrogen (secondary N) is 2. The molecule has 32 heavy (non-hydrogen) atoms. The summed E-state index contributed by atoms with van der Waals surface area (Å²) < 4.78 is 2.38. The number of nitrogens with zero attached hydrogens (tertiary/aromatic N) is 4. The fourth-order valence-electron chi connectivity index (χ4n) is 4.14. The molecular weight excluding hydrogens is 535 g/mol. The number of aliphatic hydroxyl groups is 1. The molecule has 1 unspecified atom stereocenters. The fraction of sp³-hybridized carbons (Fsp3) is 0.609. The van der Waals surface area contributed by atoms with Crippen LogP contribution in [0.2, 0.25) is 0 Å². The van der Waals surface area contributed by atoms with Gasteiger partial charge in [0.15, 0.2) is 11.1 Å². The maximum Gasteiger partial charge on any atom is 0.191 e. The first-order valence-electron chi connectivity index (χ1n) is 11.4. The van der Waals surface area contributed by atoms with Crippen LogP contribution in [0.4, 0.5) is 0 Å². The van der Waals surface area contributed by atoms with Crippen molar-refractivity contribution in [2.24, 2.45) is 4.99 Å². The number of aromatic nitrogens is 3. The second kappa shape index (κ2) is 14.7. The van der Waals surface area contributed by atoms with Crippen LogP contribution in [0, 0.1) is 0 Å². The first-order valence-corrected chi connectivity index (χ1v) is 12.6. The van der Waals surface area contributed by atoms with Gasteiger partial charge in [-0.2, -0.15) is 0 Å². The third-order valence-electron chi connectivity index (χ3n) is 5.78. The minimum atomic E-state index is 0. The Morgan fingerprint density at radius 1 is 1.22 bits per heavy atom. The second-order valence-corrected chi connectivity index (χ2v) is 8.72. The summed E-state index contributed by atoms with van der Waals surface area (Å²) in [5.74, 6) is 1.90. The highest BCUT2D eigenvalue weighted by atomic mass is 127. The van der Waals surface area contributed by atoms with Crippen LogP contribution < -0.4 is 10.6 Å². The number of rotatable bonds is 11. The van der Waals surface area contributed by atoms with Crippen LogP contribution in [-0.2, 0) is 6.42 Å². The SMILES string of the molecule is CCNC(=NCC(CO)c1ccccc1)NCCCc1nnc(SC)n1C1CCCC1.I. The van der Waals surface area contributed by atoms with Crippen molar-refractivity contribution in [3.8, 4) is 0 Å². The number of hydrogen-bond acceptors (Lipinski definition) is 5. The van der Waals surface area contributed by atoms with Crippen LogP contribution >= 0.6 is 35.7 Å². The molecule has 0 saturated heterocycles. The van der Waals surface area contributed by atoms with Gasteiger partial charge in [-0.05, 0) is 38.0 Å². The highest BCUT2D eigenvalue weighted by Crippen LogP contribution is 2.33. The monoisotopic (exact) mass is 572 g/mol. The zero-order chi connectivity index (χ0) is 21.9. The summed E-state index contributed by atoms with van der Waals surface area (Å²) in [5.41, 5.74) is 1.11. The zero-order valence-corrected chi connectivity index (χ0v) is 22.3. The van der Waals surface area contributed by atoms with Crippen molar-refractivity contribution >= 4 is 41.7 Å². The Balaban J connectivity index is 0.00000363. The number of guanidine groups is 1. The van der Waals surface area contributed by atoms with Gasteiger partial charge in [-0.1, -0.05) is 54.9 Å². The maximum absolute atomic E-state index is 9.77. The third kappa shape index (κ3) is 7.62. The van der Waals surface area contributed by atoms with Crippen molar-refractivity contribution in [2.45, 2.75) is 62.6 Å². The molecule has 1 fully saturated rings. The zero-order valence-electron chi connectivity index (χ0n) is 19.2. The Morgan fingerprint density at radius 2 is 1.97 bits per heavy atom. The topological polar surface area (TPSA) is 87.4 Å². The van der Waals surface area contributed by atoms with Crippen LogP contribution in [0.15, 0.2) is 40.5 Å². The highest BCUT2D eigenvalue weighted by Gasteiger charge is 2.23. The van der Waals surface area contributed by atoms with Gasteiger partial charge >= 0.3 is 0 Å². The van der Waals surface area contributed by atoms with Crippen LogP contribution in [0.25, 0.3) is 0 Å². The molecule has 0 amide bonds. The first-order chi connectivity index (χ1) is 15.3. The fourth-order valence-corrected chi connectivity index (χ4v) is 4.71. The molecule has 1 heterocycles. The minimum Gasteiger partial charge on any atom is -0.396 e. The van der Waals surface area contributed by atoms with Crippen molar-refractivity contribution in [1.82, 2.24) is 25.4 Å². The molecule has 178 valence electrons. The summed E-state index contributed by atoms with van der Waals surface area (Å²) in [4.78, 5) is 4.70. The van der Waals surface area contributed by atoms with Gasteiger partial charge in [-0.3, -0.25) is 4.99 Å². The van der Waals surface area contributed by atoms with E-state index in [0.29, 0.717) is 12.6 Å². The molecule has 7 nitrogen and oxygen atoms in total. The second-order valence-electron chi connectivity index (χ2n) is 7.95. The van der Waals surface area contributed by atoms with Crippen molar-refractivity contribution in [1.29, 1.82) is 0 Å². The van der Waals surface area contributed by atoms with Gasteiger partial charge in [0, 0.05) is 31.5 Å². The molecule has 1 aliphatic rings. The summed E-state index contributed by atoms with van der Waals surface area (Å²) in [7, 11) is 0. The molecule has 0 spiro atoms. The molecular formula is C23H37IN6OS. The van der Waals surface area contributed by atoms with Crippen molar-refractivity contribution < 1.29 is 5.11 Å². The Bertz CT molecular complexity index is 810. The molecule has 3 rings (SSSR count). The van der Waals surface area contributed by atoms with E-state index < -0.39 is 0 Å². The average Bonchev–Trinajstić information content (AvgIpc) is 3.47. The van der Waals surface area contributed by atoms with E-state index in [0.717, 1.165) is 48.4 Å². The number of halogens is 1. The van der Waals surface area contributed by atoms with Gasteiger partial charge in [-0.15, -0.1) is 34.2 Å². The van der Waals surface area contributed by atoms with E-state index in [-0.39, 0.29) is 36.5 Å². The number of aliphatic imine (C=N–C) groups is 1. The van der Waals surface area contributed by atoms with Gasteiger partial charge in [0.2, 0.25) is 0 Å². The Labute approximate surface area is 213 Å². The molecule has 1 aliphatic carbocycles. The lowest BCUT2D eigenvalue weighted by atomic mass is 10.0. The van der Waals surface area contributed by atoms with Crippen LogP contribution in [0.5, 0.6) is 0 Å². The molecule has 1 aromatic heterocycles. The van der Waals surface area contributed by atoms with E-state index in [9.17, 15) is 5.11 Å². The van der Waals surface area contributed by atoms with E-state index in [2.05, 4.69) is 38.6 Å². The van der Waals surface area contributed by atoms with E-state index in [4.69, 9.17) is 4.99 Å². The number of aliphatic hydroxyl groups excluding tert-OH is 1. The molecule has 0 bridgehead atoms. The van der Waals surface area contributed by atoms with E-state index in [1.807, 2.05) is 30.3 Å². The van der Waals surface area contributed by atoms with Crippen LogP contribution in [0.3, 0.4) is 0 Å². The lowest BCUT2D eigenvalue weighted by molar-refractivity contribution is 0.268. The van der Waals surface area contributed by atoms with Crippen molar-refractivity contribution in [2.75, 3.05) is 32.5 Å².